The second kappa shape index (κ2) is 8.68. The van der Waals surface area contributed by atoms with Gasteiger partial charge < -0.3 is 5.32 Å². The van der Waals surface area contributed by atoms with Crippen LogP contribution in [-0.4, -0.2) is 31.2 Å². The lowest BCUT2D eigenvalue weighted by Crippen LogP contribution is -2.26. The maximum atomic E-state index is 12.9. The van der Waals surface area contributed by atoms with Crippen LogP contribution in [0.4, 0.5) is 11.4 Å². The highest BCUT2D eigenvalue weighted by atomic mass is 32.2. The predicted molar refractivity (Wildman–Crippen MR) is 125 cm³/mol. The number of nitrogens with one attached hydrogen (secondary N) is 1. The maximum Gasteiger partial charge on any atom is 0.264 e. The van der Waals surface area contributed by atoms with Crippen LogP contribution in [-0.2, 0) is 10.0 Å². The molecule has 0 saturated heterocycles. The number of carbonyl (C=O) groups is 1. The minimum Gasteiger partial charge on any atom is -0.322 e. The summed E-state index contributed by atoms with van der Waals surface area (Å²) in [4.78, 5) is 12.9. The quantitative estimate of drug-likeness (QED) is 0.480. The molecule has 32 heavy (non-hydrogen) atoms. The van der Waals surface area contributed by atoms with Gasteiger partial charge >= 0.3 is 0 Å². The second-order valence-electron chi connectivity index (χ2n) is 7.29. The predicted octanol–water partition coefficient (Wildman–Crippen LogP) is 4.26. The number of carbonyl (C=O) groups excluding carboxylic acids is 1. The van der Waals surface area contributed by atoms with E-state index in [0.717, 1.165) is 11.3 Å². The standard InChI is InChI=1S/C24H22N4O3S/c1-18-7-13-23(14-8-18)32(30,31)27(2)21-11-9-19(10-12-21)24(29)26-20-5-3-6-22(17-20)28-16-4-15-25-28/h3-17H,1-2H3,(H,26,29). The molecule has 0 spiro atoms. The molecular weight excluding hydrogens is 424 g/mol. The maximum absolute atomic E-state index is 12.9. The molecule has 0 aliphatic rings. The lowest BCUT2D eigenvalue weighted by atomic mass is 10.2. The smallest absolute Gasteiger partial charge is 0.264 e. The van der Waals surface area contributed by atoms with Crippen molar-refractivity contribution in [3.63, 3.8) is 0 Å². The summed E-state index contributed by atoms with van der Waals surface area (Å²) < 4.78 is 28.7. The van der Waals surface area contributed by atoms with Crippen LogP contribution in [0.1, 0.15) is 15.9 Å². The molecule has 4 aromatic rings. The largest absolute Gasteiger partial charge is 0.322 e. The van der Waals surface area contributed by atoms with E-state index in [1.165, 1.54) is 11.4 Å². The van der Waals surface area contributed by atoms with Crippen molar-refractivity contribution in [3.8, 4) is 5.69 Å². The summed E-state index contributed by atoms with van der Waals surface area (Å²) in [6, 6.07) is 22.3. The third-order valence-electron chi connectivity index (χ3n) is 5.05. The molecule has 1 amide bonds. The number of hydrogen-bond acceptors (Lipinski definition) is 4. The van der Waals surface area contributed by atoms with Gasteiger partial charge in [-0.05, 0) is 67.6 Å². The van der Waals surface area contributed by atoms with E-state index in [9.17, 15) is 13.2 Å². The fourth-order valence-corrected chi connectivity index (χ4v) is 4.38. The van der Waals surface area contributed by atoms with E-state index >= 15 is 0 Å². The lowest BCUT2D eigenvalue weighted by molar-refractivity contribution is 0.102. The highest BCUT2D eigenvalue weighted by Gasteiger charge is 2.21. The molecule has 0 atom stereocenters. The van der Waals surface area contributed by atoms with Gasteiger partial charge in [0.25, 0.3) is 15.9 Å². The Hall–Kier alpha value is -3.91. The first-order valence-corrected chi connectivity index (χ1v) is 11.4. The molecule has 0 unspecified atom stereocenters. The van der Waals surface area contributed by atoms with Gasteiger partial charge in [0.2, 0.25) is 0 Å². The molecule has 7 nitrogen and oxygen atoms in total. The van der Waals surface area contributed by atoms with Gasteiger partial charge in [-0.1, -0.05) is 23.8 Å². The summed E-state index contributed by atoms with van der Waals surface area (Å²) in [5, 5.41) is 7.05. The number of anilines is 2. The number of sulfonamides is 1. The van der Waals surface area contributed by atoms with Crippen LogP contribution in [0.2, 0.25) is 0 Å². The number of amides is 1. The van der Waals surface area contributed by atoms with E-state index in [1.54, 1.807) is 65.5 Å². The Kier molecular flexibility index (Phi) is 5.79. The van der Waals surface area contributed by atoms with E-state index in [2.05, 4.69) is 10.4 Å². The summed E-state index contributed by atoms with van der Waals surface area (Å²) in [5.41, 5.74) is 3.32. The molecule has 0 aliphatic heterocycles. The lowest BCUT2D eigenvalue weighted by Gasteiger charge is -2.20. The summed E-state index contributed by atoms with van der Waals surface area (Å²) in [6.45, 7) is 1.90. The number of rotatable bonds is 6. The molecule has 4 rings (SSSR count). The highest BCUT2D eigenvalue weighted by molar-refractivity contribution is 7.92. The van der Waals surface area contributed by atoms with Gasteiger partial charge in [0.05, 0.1) is 16.3 Å². The fraction of sp³-hybridized carbons (Fsp3) is 0.0833. The SMILES string of the molecule is Cc1ccc(S(=O)(=O)N(C)c2ccc(C(=O)Nc3cccc(-n4cccn4)c3)cc2)cc1. The monoisotopic (exact) mass is 446 g/mol. The fourth-order valence-electron chi connectivity index (χ4n) is 3.18. The van der Waals surface area contributed by atoms with Gasteiger partial charge in [-0.2, -0.15) is 5.10 Å². The number of aromatic nitrogens is 2. The van der Waals surface area contributed by atoms with Crippen molar-refractivity contribution in [2.24, 2.45) is 0 Å². The Morgan fingerprint density at radius 1 is 0.969 bits per heavy atom. The molecule has 1 N–H and O–H groups in total. The minimum atomic E-state index is -3.69. The average Bonchev–Trinajstić information content (AvgIpc) is 3.34. The van der Waals surface area contributed by atoms with Gasteiger partial charge in [-0.25, -0.2) is 13.1 Å². The van der Waals surface area contributed by atoms with E-state index in [1.807, 2.05) is 37.4 Å². The minimum absolute atomic E-state index is 0.212. The van der Waals surface area contributed by atoms with Crippen LogP contribution in [0.25, 0.3) is 5.69 Å². The van der Waals surface area contributed by atoms with E-state index in [-0.39, 0.29) is 10.8 Å². The molecule has 1 heterocycles. The number of nitrogens with zero attached hydrogens (tertiary/aromatic N) is 3. The Labute approximate surface area is 187 Å². The molecule has 3 aromatic carbocycles. The van der Waals surface area contributed by atoms with Crippen molar-refractivity contribution >= 4 is 27.3 Å². The molecule has 0 fully saturated rings. The van der Waals surface area contributed by atoms with Gasteiger partial charge in [-0.3, -0.25) is 9.10 Å². The van der Waals surface area contributed by atoms with Crippen molar-refractivity contribution in [1.29, 1.82) is 0 Å². The first-order chi connectivity index (χ1) is 15.3. The Bertz CT molecular complexity index is 1330. The van der Waals surface area contributed by atoms with Gasteiger partial charge in [0.1, 0.15) is 0 Å². The van der Waals surface area contributed by atoms with E-state index in [0.29, 0.717) is 16.9 Å². The van der Waals surface area contributed by atoms with Crippen molar-refractivity contribution < 1.29 is 13.2 Å². The van der Waals surface area contributed by atoms with E-state index < -0.39 is 10.0 Å². The normalized spacial score (nSPS) is 11.2. The molecule has 0 aliphatic carbocycles. The van der Waals surface area contributed by atoms with Crippen molar-refractivity contribution in [3.05, 3.63) is 102 Å². The molecule has 0 saturated carbocycles. The Morgan fingerprint density at radius 2 is 1.69 bits per heavy atom. The second-order valence-corrected chi connectivity index (χ2v) is 9.26. The Balaban J connectivity index is 1.49. The molecule has 0 radical (unpaired) electrons. The van der Waals surface area contributed by atoms with Crippen molar-refractivity contribution in [2.45, 2.75) is 11.8 Å². The third kappa shape index (κ3) is 4.40. The van der Waals surface area contributed by atoms with Crippen LogP contribution in [0.15, 0.2) is 96.2 Å². The summed E-state index contributed by atoms with van der Waals surface area (Å²) >= 11 is 0. The summed E-state index contributed by atoms with van der Waals surface area (Å²) in [5.74, 6) is -0.293. The topological polar surface area (TPSA) is 84.3 Å². The van der Waals surface area contributed by atoms with Gasteiger partial charge in [0, 0.05) is 30.7 Å². The molecular formula is C24H22N4O3S. The zero-order valence-corrected chi connectivity index (χ0v) is 18.5. The van der Waals surface area contributed by atoms with Crippen LogP contribution in [0, 0.1) is 6.92 Å². The first-order valence-electron chi connectivity index (χ1n) is 9.92. The summed E-state index contributed by atoms with van der Waals surface area (Å²) in [7, 11) is -2.20. The first kappa shape index (κ1) is 21.3. The number of benzene rings is 3. The molecule has 1 aromatic heterocycles. The van der Waals surface area contributed by atoms with Crippen LogP contribution in [0.5, 0.6) is 0 Å². The van der Waals surface area contributed by atoms with Gasteiger partial charge in [0.15, 0.2) is 0 Å². The van der Waals surface area contributed by atoms with Crippen molar-refractivity contribution in [2.75, 3.05) is 16.7 Å². The van der Waals surface area contributed by atoms with Crippen LogP contribution in [0.3, 0.4) is 0 Å². The Morgan fingerprint density at radius 3 is 2.34 bits per heavy atom. The highest BCUT2D eigenvalue weighted by Crippen LogP contribution is 2.23. The number of aryl methyl sites for hydroxylation is 1. The zero-order chi connectivity index (χ0) is 22.7. The zero-order valence-electron chi connectivity index (χ0n) is 17.6. The van der Waals surface area contributed by atoms with Crippen LogP contribution < -0.4 is 9.62 Å². The van der Waals surface area contributed by atoms with Gasteiger partial charge in [-0.15, -0.1) is 0 Å². The van der Waals surface area contributed by atoms with E-state index in [4.69, 9.17) is 0 Å². The summed E-state index contributed by atoms with van der Waals surface area (Å²) in [6.07, 6.45) is 3.50. The third-order valence-corrected chi connectivity index (χ3v) is 6.85. The molecule has 8 heteroatoms. The number of hydrogen-bond donors (Lipinski definition) is 1. The molecule has 0 bridgehead atoms. The van der Waals surface area contributed by atoms with Crippen molar-refractivity contribution in [1.82, 2.24) is 9.78 Å². The average molecular weight is 447 g/mol. The molecule has 162 valence electrons. The van der Waals surface area contributed by atoms with Crippen LogP contribution >= 0.6 is 0 Å².